The number of carbonyl (C=O) groups is 1. The highest BCUT2D eigenvalue weighted by Crippen LogP contribution is 2.11. The number of hydrogen-bond donors (Lipinski definition) is 0. The third kappa shape index (κ3) is 3.60. The molecule has 0 radical (unpaired) electrons. The largest absolute Gasteiger partial charge is 0.300 e. The second kappa shape index (κ2) is 6.23. The van der Waals surface area contributed by atoms with Crippen molar-refractivity contribution in [2.75, 3.05) is 11.9 Å². The maximum atomic E-state index is 13.0. The number of rotatable bonds is 4. The van der Waals surface area contributed by atoms with Gasteiger partial charge in [0.2, 0.25) is 5.91 Å². The molecule has 1 amide bonds. The van der Waals surface area contributed by atoms with E-state index < -0.39 is 0 Å². The Hall–Kier alpha value is -2.30. The standard InChI is InChI=1S/C15H16FN3O/c1-11-17-9-8-14(18-11)19(2)15(20)7-6-12-4-3-5-13(16)10-12/h3-5,8-10H,6-7H2,1-2H3. The monoisotopic (exact) mass is 273 g/mol. The molecule has 0 fully saturated rings. The lowest BCUT2D eigenvalue weighted by Crippen LogP contribution is -2.27. The molecule has 0 saturated carbocycles. The number of halogens is 1. The van der Waals surface area contributed by atoms with Crippen LogP contribution in [0.15, 0.2) is 36.5 Å². The Bertz CT molecular complexity index is 616. The fourth-order valence-electron chi connectivity index (χ4n) is 1.87. The molecule has 2 rings (SSSR count). The molecule has 0 aliphatic rings. The summed E-state index contributed by atoms with van der Waals surface area (Å²) < 4.78 is 13.0. The summed E-state index contributed by atoms with van der Waals surface area (Å²) in [5.74, 6) is 0.844. The maximum absolute atomic E-state index is 13.0. The van der Waals surface area contributed by atoms with Crippen LogP contribution in [-0.4, -0.2) is 22.9 Å². The quantitative estimate of drug-likeness (QED) is 0.860. The van der Waals surface area contributed by atoms with Gasteiger partial charge in [-0.3, -0.25) is 9.69 Å². The molecule has 0 saturated heterocycles. The smallest absolute Gasteiger partial charge is 0.228 e. The molecule has 0 spiro atoms. The Balaban J connectivity index is 1.98. The minimum atomic E-state index is -0.283. The highest BCUT2D eigenvalue weighted by Gasteiger charge is 2.12. The SMILES string of the molecule is Cc1nccc(N(C)C(=O)CCc2cccc(F)c2)n1. The molecule has 1 aromatic carbocycles. The van der Waals surface area contributed by atoms with Crippen molar-refractivity contribution in [3.05, 3.63) is 53.7 Å². The molecule has 0 atom stereocenters. The molecule has 2 aromatic rings. The Labute approximate surface area is 117 Å². The first-order valence-electron chi connectivity index (χ1n) is 6.37. The summed E-state index contributed by atoms with van der Waals surface area (Å²) in [4.78, 5) is 21.8. The van der Waals surface area contributed by atoms with Gasteiger partial charge in [0.1, 0.15) is 17.5 Å². The van der Waals surface area contributed by atoms with Crippen molar-refractivity contribution in [1.82, 2.24) is 9.97 Å². The van der Waals surface area contributed by atoms with Crippen molar-refractivity contribution < 1.29 is 9.18 Å². The molecule has 1 aromatic heterocycles. The van der Waals surface area contributed by atoms with E-state index in [2.05, 4.69) is 9.97 Å². The van der Waals surface area contributed by atoms with E-state index in [1.165, 1.54) is 17.0 Å². The van der Waals surface area contributed by atoms with Gasteiger partial charge in [0.25, 0.3) is 0 Å². The molecule has 0 unspecified atom stereocenters. The second-order valence-electron chi connectivity index (χ2n) is 4.54. The summed E-state index contributed by atoms with van der Waals surface area (Å²) in [5.41, 5.74) is 0.811. The van der Waals surface area contributed by atoms with Gasteiger partial charge >= 0.3 is 0 Å². The van der Waals surface area contributed by atoms with Gasteiger partial charge in [0.15, 0.2) is 0 Å². The number of anilines is 1. The number of hydrogen-bond acceptors (Lipinski definition) is 3. The molecule has 20 heavy (non-hydrogen) atoms. The fourth-order valence-corrected chi connectivity index (χ4v) is 1.87. The summed E-state index contributed by atoms with van der Waals surface area (Å²) >= 11 is 0. The van der Waals surface area contributed by atoms with Gasteiger partial charge in [0, 0.05) is 19.7 Å². The predicted molar refractivity (Wildman–Crippen MR) is 74.9 cm³/mol. The normalized spacial score (nSPS) is 10.3. The third-order valence-electron chi connectivity index (χ3n) is 3.00. The van der Waals surface area contributed by atoms with Crippen LogP contribution >= 0.6 is 0 Å². The zero-order valence-corrected chi connectivity index (χ0v) is 11.5. The second-order valence-corrected chi connectivity index (χ2v) is 4.54. The van der Waals surface area contributed by atoms with E-state index in [9.17, 15) is 9.18 Å². The molecule has 104 valence electrons. The average molecular weight is 273 g/mol. The molecular weight excluding hydrogens is 257 g/mol. The Morgan fingerprint density at radius 3 is 2.85 bits per heavy atom. The Morgan fingerprint density at radius 1 is 1.35 bits per heavy atom. The maximum Gasteiger partial charge on any atom is 0.228 e. The minimum Gasteiger partial charge on any atom is -0.300 e. The Kier molecular flexibility index (Phi) is 4.40. The number of carbonyl (C=O) groups excluding carboxylic acids is 1. The van der Waals surface area contributed by atoms with E-state index in [1.54, 1.807) is 32.3 Å². The van der Waals surface area contributed by atoms with Crippen LogP contribution in [0.4, 0.5) is 10.2 Å². The first-order valence-corrected chi connectivity index (χ1v) is 6.37. The van der Waals surface area contributed by atoms with Crippen molar-refractivity contribution >= 4 is 11.7 Å². The van der Waals surface area contributed by atoms with Crippen LogP contribution in [-0.2, 0) is 11.2 Å². The van der Waals surface area contributed by atoms with Gasteiger partial charge in [-0.25, -0.2) is 14.4 Å². The fraction of sp³-hybridized carbons (Fsp3) is 0.267. The van der Waals surface area contributed by atoms with E-state index >= 15 is 0 Å². The van der Waals surface area contributed by atoms with Crippen molar-refractivity contribution in [1.29, 1.82) is 0 Å². The summed E-state index contributed by atoms with van der Waals surface area (Å²) in [5, 5.41) is 0. The highest BCUT2D eigenvalue weighted by molar-refractivity contribution is 5.91. The van der Waals surface area contributed by atoms with Gasteiger partial charge in [-0.05, 0) is 37.1 Å². The van der Waals surface area contributed by atoms with Gasteiger partial charge in [-0.1, -0.05) is 12.1 Å². The molecular formula is C15H16FN3O. The topological polar surface area (TPSA) is 46.1 Å². The minimum absolute atomic E-state index is 0.0626. The summed E-state index contributed by atoms with van der Waals surface area (Å²) in [6.45, 7) is 1.77. The molecule has 5 heteroatoms. The highest BCUT2D eigenvalue weighted by atomic mass is 19.1. The van der Waals surface area contributed by atoms with Crippen molar-refractivity contribution in [3.8, 4) is 0 Å². The summed E-state index contributed by atoms with van der Waals surface area (Å²) in [6.07, 6.45) is 2.43. The molecule has 0 N–H and O–H groups in total. The lowest BCUT2D eigenvalue weighted by molar-refractivity contribution is -0.118. The molecule has 0 aliphatic carbocycles. The van der Waals surface area contributed by atoms with Crippen LogP contribution in [0.1, 0.15) is 17.8 Å². The number of benzene rings is 1. The summed E-state index contributed by atoms with van der Waals surface area (Å²) in [6, 6.07) is 7.98. The first kappa shape index (κ1) is 14.1. The predicted octanol–water partition coefficient (Wildman–Crippen LogP) is 2.52. The Morgan fingerprint density at radius 2 is 2.15 bits per heavy atom. The van der Waals surface area contributed by atoms with Gasteiger partial charge < -0.3 is 0 Å². The van der Waals surface area contributed by atoms with Gasteiger partial charge in [-0.15, -0.1) is 0 Å². The van der Waals surface area contributed by atoms with Crippen LogP contribution in [0.2, 0.25) is 0 Å². The molecule has 1 heterocycles. The van der Waals surface area contributed by atoms with Crippen molar-refractivity contribution in [2.24, 2.45) is 0 Å². The van der Waals surface area contributed by atoms with Crippen LogP contribution in [0.3, 0.4) is 0 Å². The molecule has 0 aliphatic heterocycles. The summed E-state index contributed by atoms with van der Waals surface area (Å²) in [7, 11) is 1.68. The molecule has 4 nitrogen and oxygen atoms in total. The number of nitrogens with zero attached hydrogens (tertiary/aromatic N) is 3. The zero-order valence-electron chi connectivity index (χ0n) is 11.5. The number of aryl methyl sites for hydroxylation is 2. The molecule has 0 bridgehead atoms. The van der Waals surface area contributed by atoms with Crippen LogP contribution in [0.25, 0.3) is 0 Å². The van der Waals surface area contributed by atoms with E-state index in [4.69, 9.17) is 0 Å². The lowest BCUT2D eigenvalue weighted by Gasteiger charge is -2.16. The third-order valence-corrected chi connectivity index (χ3v) is 3.00. The number of amides is 1. The van der Waals surface area contributed by atoms with Crippen LogP contribution in [0, 0.1) is 12.7 Å². The first-order chi connectivity index (χ1) is 9.56. The van der Waals surface area contributed by atoms with Gasteiger partial charge in [-0.2, -0.15) is 0 Å². The van der Waals surface area contributed by atoms with E-state index in [0.717, 1.165) is 5.56 Å². The average Bonchev–Trinajstić information content (AvgIpc) is 2.44. The van der Waals surface area contributed by atoms with E-state index in [1.807, 2.05) is 6.07 Å². The van der Waals surface area contributed by atoms with Crippen molar-refractivity contribution in [2.45, 2.75) is 19.8 Å². The number of aromatic nitrogens is 2. The van der Waals surface area contributed by atoms with E-state index in [-0.39, 0.29) is 11.7 Å². The van der Waals surface area contributed by atoms with Crippen molar-refractivity contribution in [3.63, 3.8) is 0 Å². The van der Waals surface area contributed by atoms with Crippen LogP contribution < -0.4 is 4.90 Å². The van der Waals surface area contributed by atoms with Crippen LogP contribution in [0.5, 0.6) is 0 Å². The van der Waals surface area contributed by atoms with E-state index in [0.29, 0.717) is 24.5 Å². The zero-order chi connectivity index (χ0) is 14.5. The van der Waals surface area contributed by atoms with Gasteiger partial charge in [0.05, 0.1) is 0 Å². The lowest BCUT2D eigenvalue weighted by atomic mass is 10.1.